The van der Waals surface area contributed by atoms with Crippen molar-refractivity contribution in [3.05, 3.63) is 53.7 Å². The van der Waals surface area contributed by atoms with Gasteiger partial charge in [0, 0.05) is 17.3 Å². The standard InChI is InChI=1S/C14H11ClN2O/c15-11-8-10(16)4-5-12(11)18-13-3-1-2-9-6-7-17-14(9)13/h1-8,17H,16H2. The molecule has 1 heterocycles. The maximum Gasteiger partial charge on any atom is 0.151 e. The third kappa shape index (κ3) is 1.89. The Labute approximate surface area is 109 Å². The van der Waals surface area contributed by atoms with Gasteiger partial charge in [-0.05, 0) is 30.3 Å². The molecule has 0 aliphatic rings. The van der Waals surface area contributed by atoms with Gasteiger partial charge in [0.05, 0.1) is 10.5 Å². The maximum atomic E-state index is 6.09. The summed E-state index contributed by atoms with van der Waals surface area (Å²) in [6, 6.07) is 13.0. The second-order valence-electron chi connectivity index (χ2n) is 3.99. The van der Waals surface area contributed by atoms with Crippen LogP contribution in [-0.4, -0.2) is 4.98 Å². The third-order valence-corrected chi connectivity index (χ3v) is 3.02. The van der Waals surface area contributed by atoms with E-state index in [4.69, 9.17) is 22.1 Å². The van der Waals surface area contributed by atoms with Crippen molar-refractivity contribution >= 4 is 28.2 Å². The van der Waals surface area contributed by atoms with Crippen molar-refractivity contribution < 1.29 is 4.74 Å². The summed E-state index contributed by atoms with van der Waals surface area (Å²) in [5.74, 6) is 1.33. The molecule has 0 fully saturated rings. The van der Waals surface area contributed by atoms with Crippen molar-refractivity contribution in [1.29, 1.82) is 0 Å². The predicted octanol–water partition coefficient (Wildman–Crippen LogP) is 4.20. The van der Waals surface area contributed by atoms with Gasteiger partial charge in [-0.2, -0.15) is 0 Å². The number of para-hydroxylation sites is 1. The van der Waals surface area contributed by atoms with Crippen LogP contribution in [0.5, 0.6) is 11.5 Å². The molecule has 0 atom stereocenters. The van der Waals surface area contributed by atoms with Gasteiger partial charge in [0.25, 0.3) is 0 Å². The Morgan fingerprint density at radius 3 is 2.78 bits per heavy atom. The van der Waals surface area contributed by atoms with Crippen LogP contribution in [0.4, 0.5) is 5.69 Å². The van der Waals surface area contributed by atoms with Crippen molar-refractivity contribution in [1.82, 2.24) is 4.98 Å². The molecule has 1 aromatic heterocycles. The monoisotopic (exact) mass is 258 g/mol. The molecule has 3 N–H and O–H groups in total. The van der Waals surface area contributed by atoms with E-state index < -0.39 is 0 Å². The number of hydrogen-bond donors (Lipinski definition) is 2. The summed E-state index contributed by atoms with van der Waals surface area (Å²) in [5, 5.41) is 1.60. The predicted molar refractivity (Wildman–Crippen MR) is 74.2 cm³/mol. The highest BCUT2D eigenvalue weighted by molar-refractivity contribution is 6.32. The van der Waals surface area contributed by atoms with Gasteiger partial charge < -0.3 is 15.5 Å². The van der Waals surface area contributed by atoms with Crippen LogP contribution >= 0.6 is 11.6 Å². The van der Waals surface area contributed by atoms with Crippen molar-refractivity contribution in [3.63, 3.8) is 0 Å². The zero-order chi connectivity index (χ0) is 12.5. The summed E-state index contributed by atoms with van der Waals surface area (Å²) < 4.78 is 5.82. The lowest BCUT2D eigenvalue weighted by molar-refractivity contribution is 0.487. The Morgan fingerprint density at radius 2 is 1.94 bits per heavy atom. The fraction of sp³-hybridized carbons (Fsp3) is 0. The molecule has 4 heteroatoms. The molecule has 0 unspecified atom stereocenters. The SMILES string of the molecule is Nc1ccc(Oc2cccc3cc[nH]c23)c(Cl)c1. The zero-order valence-corrected chi connectivity index (χ0v) is 10.2. The molecule has 0 amide bonds. The molecule has 0 bridgehead atoms. The molecule has 0 saturated heterocycles. The summed E-state index contributed by atoms with van der Waals surface area (Å²) >= 11 is 6.09. The number of halogens is 1. The first-order valence-corrected chi connectivity index (χ1v) is 5.91. The van der Waals surface area contributed by atoms with Crippen LogP contribution in [0.1, 0.15) is 0 Å². The topological polar surface area (TPSA) is 51.0 Å². The zero-order valence-electron chi connectivity index (χ0n) is 9.48. The van der Waals surface area contributed by atoms with Crippen LogP contribution in [0.2, 0.25) is 5.02 Å². The van der Waals surface area contributed by atoms with E-state index in [9.17, 15) is 0 Å². The molecule has 90 valence electrons. The van der Waals surface area contributed by atoms with Crippen LogP contribution in [0.25, 0.3) is 10.9 Å². The molecule has 0 aliphatic heterocycles. The number of rotatable bonds is 2. The van der Waals surface area contributed by atoms with Gasteiger partial charge in [-0.3, -0.25) is 0 Å². The van der Waals surface area contributed by atoms with E-state index in [1.54, 1.807) is 18.2 Å². The fourth-order valence-electron chi connectivity index (χ4n) is 1.86. The van der Waals surface area contributed by atoms with Crippen molar-refractivity contribution in [2.45, 2.75) is 0 Å². The van der Waals surface area contributed by atoms with Gasteiger partial charge in [0.15, 0.2) is 5.75 Å². The summed E-state index contributed by atoms with van der Waals surface area (Å²) in [4.78, 5) is 3.15. The van der Waals surface area contributed by atoms with E-state index in [-0.39, 0.29) is 0 Å². The number of benzene rings is 2. The van der Waals surface area contributed by atoms with E-state index in [2.05, 4.69) is 4.98 Å². The minimum Gasteiger partial charge on any atom is -0.454 e. The van der Waals surface area contributed by atoms with Crippen molar-refractivity contribution in [2.24, 2.45) is 0 Å². The van der Waals surface area contributed by atoms with Crippen molar-refractivity contribution in [2.75, 3.05) is 5.73 Å². The highest BCUT2D eigenvalue weighted by Crippen LogP contribution is 2.33. The molecule has 0 radical (unpaired) electrons. The highest BCUT2D eigenvalue weighted by Gasteiger charge is 2.07. The van der Waals surface area contributed by atoms with Gasteiger partial charge in [-0.25, -0.2) is 0 Å². The van der Waals surface area contributed by atoms with Gasteiger partial charge >= 0.3 is 0 Å². The molecular weight excluding hydrogens is 248 g/mol. The number of nitrogens with two attached hydrogens (primary N) is 1. The van der Waals surface area contributed by atoms with Gasteiger partial charge in [-0.1, -0.05) is 23.7 Å². The van der Waals surface area contributed by atoms with Gasteiger partial charge in [0.1, 0.15) is 5.75 Å². The Kier molecular flexibility index (Phi) is 2.61. The molecule has 2 aromatic carbocycles. The average Bonchev–Trinajstić information content (AvgIpc) is 2.82. The van der Waals surface area contributed by atoms with Crippen LogP contribution < -0.4 is 10.5 Å². The van der Waals surface area contributed by atoms with Crippen LogP contribution in [0.3, 0.4) is 0 Å². The van der Waals surface area contributed by atoms with Crippen LogP contribution in [0, 0.1) is 0 Å². The molecule has 0 saturated carbocycles. The Bertz CT molecular complexity index is 706. The average molecular weight is 259 g/mol. The smallest absolute Gasteiger partial charge is 0.151 e. The normalized spacial score (nSPS) is 10.7. The molecule has 3 rings (SSSR count). The number of fused-ring (bicyclic) bond motifs is 1. The maximum absolute atomic E-state index is 6.09. The van der Waals surface area contributed by atoms with Gasteiger partial charge in [-0.15, -0.1) is 0 Å². The fourth-order valence-corrected chi connectivity index (χ4v) is 2.09. The van der Waals surface area contributed by atoms with Crippen molar-refractivity contribution in [3.8, 4) is 11.5 Å². The number of nitrogens with one attached hydrogen (secondary N) is 1. The first-order valence-electron chi connectivity index (χ1n) is 5.53. The second-order valence-corrected chi connectivity index (χ2v) is 4.40. The van der Waals surface area contributed by atoms with E-state index in [1.165, 1.54) is 0 Å². The largest absolute Gasteiger partial charge is 0.454 e. The number of aromatic amines is 1. The minimum absolute atomic E-state index is 0.499. The molecule has 3 nitrogen and oxygen atoms in total. The van der Waals surface area contributed by atoms with E-state index in [0.29, 0.717) is 16.5 Å². The number of aromatic nitrogens is 1. The van der Waals surface area contributed by atoms with Crippen LogP contribution in [0.15, 0.2) is 48.7 Å². The van der Waals surface area contributed by atoms with E-state index in [1.807, 2.05) is 30.5 Å². The quantitative estimate of drug-likeness (QED) is 0.677. The Hall–Kier alpha value is -2.13. The first-order chi connectivity index (χ1) is 8.74. The number of H-pyrrole nitrogens is 1. The minimum atomic E-state index is 0.499. The molecular formula is C14H11ClN2O. The Balaban J connectivity index is 2.03. The second kappa shape index (κ2) is 4.27. The first kappa shape index (κ1) is 11.0. The molecule has 18 heavy (non-hydrogen) atoms. The van der Waals surface area contributed by atoms with E-state index >= 15 is 0 Å². The van der Waals surface area contributed by atoms with Gasteiger partial charge in [0.2, 0.25) is 0 Å². The number of hydrogen-bond acceptors (Lipinski definition) is 2. The lowest BCUT2D eigenvalue weighted by Crippen LogP contribution is -1.89. The summed E-state index contributed by atoms with van der Waals surface area (Å²) in [6.07, 6.45) is 1.88. The summed E-state index contributed by atoms with van der Waals surface area (Å²) in [7, 11) is 0. The molecule has 0 aliphatic carbocycles. The summed E-state index contributed by atoms with van der Waals surface area (Å²) in [5.41, 5.74) is 7.21. The lowest BCUT2D eigenvalue weighted by atomic mass is 10.2. The molecule has 0 spiro atoms. The number of ether oxygens (including phenoxy) is 1. The summed E-state index contributed by atoms with van der Waals surface area (Å²) in [6.45, 7) is 0. The number of nitrogen functional groups attached to an aromatic ring is 1. The van der Waals surface area contributed by atoms with Crippen LogP contribution in [-0.2, 0) is 0 Å². The Morgan fingerprint density at radius 1 is 1.06 bits per heavy atom. The van der Waals surface area contributed by atoms with E-state index in [0.717, 1.165) is 16.7 Å². The number of anilines is 1. The lowest BCUT2D eigenvalue weighted by Gasteiger charge is -2.09. The molecule has 3 aromatic rings. The third-order valence-electron chi connectivity index (χ3n) is 2.72. The highest BCUT2D eigenvalue weighted by atomic mass is 35.5.